The second-order valence-corrected chi connectivity index (χ2v) is 8.60. The van der Waals surface area contributed by atoms with E-state index in [1.54, 1.807) is 17.5 Å². The third-order valence-electron chi connectivity index (χ3n) is 5.32. The number of nitrogens with one attached hydrogen (secondary N) is 1. The maximum Gasteiger partial charge on any atom is 0.303 e. The molecule has 4 rings (SSSR count). The number of piperidine rings is 1. The van der Waals surface area contributed by atoms with E-state index in [1.807, 2.05) is 36.5 Å². The summed E-state index contributed by atoms with van der Waals surface area (Å²) in [6.07, 6.45) is 6.14. The summed E-state index contributed by atoms with van der Waals surface area (Å²) in [7, 11) is 0. The molecule has 1 fully saturated rings. The maximum atomic E-state index is 10.9. The van der Waals surface area contributed by atoms with Gasteiger partial charge in [-0.1, -0.05) is 17.4 Å². The molecule has 0 aliphatic carbocycles. The van der Waals surface area contributed by atoms with Crippen LogP contribution in [0.15, 0.2) is 42.7 Å². The second-order valence-electron chi connectivity index (χ2n) is 7.59. The second kappa shape index (κ2) is 9.84. The number of thiazole rings is 1. The molecule has 31 heavy (non-hydrogen) atoms. The highest BCUT2D eigenvalue weighted by atomic mass is 32.1. The predicted molar refractivity (Wildman–Crippen MR) is 121 cm³/mol. The fourth-order valence-corrected chi connectivity index (χ4v) is 4.64. The van der Waals surface area contributed by atoms with Crippen molar-refractivity contribution < 1.29 is 15.0 Å². The molecule has 0 atom stereocenters. The van der Waals surface area contributed by atoms with Crippen molar-refractivity contribution in [1.29, 1.82) is 0 Å². The van der Waals surface area contributed by atoms with E-state index in [9.17, 15) is 4.79 Å². The number of nitrogens with zero attached hydrogens (tertiary/aromatic N) is 4. The Morgan fingerprint density at radius 1 is 1.19 bits per heavy atom. The number of aliphatic hydroxyl groups excluding tert-OH is 1. The van der Waals surface area contributed by atoms with Crippen molar-refractivity contribution in [1.82, 2.24) is 15.0 Å². The Bertz CT molecular complexity index is 1030. The van der Waals surface area contributed by atoms with Gasteiger partial charge in [0, 0.05) is 38.5 Å². The molecule has 0 radical (unpaired) electrons. The van der Waals surface area contributed by atoms with Crippen LogP contribution >= 0.6 is 11.3 Å². The predicted octanol–water partition coefficient (Wildman–Crippen LogP) is 3.57. The van der Waals surface area contributed by atoms with E-state index >= 15 is 0 Å². The molecule has 9 heteroatoms. The van der Waals surface area contributed by atoms with E-state index in [0.717, 1.165) is 47.2 Å². The first-order valence-electron chi connectivity index (χ1n) is 10.3. The van der Waals surface area contributed by atoms with Crippen molar-refractivity contribution in [2.45, 2.75) is 25.7 Å². The van der Waals surface area contributed by atoms with Crippen LogP contribution < -0.4 is 10.2 Å². The molecule has 1 aliphatic rings. The standard InChI is InChI=1S/C22H25N5O3S/c28-11-7-15-4-8-23-20(12-15)26-19-3-1-2-17(25-19)18-14-24-22(31-18)27-9-5-16(6-10-27)13-21(29)30/h1-4,8,12,14,16,28H,5-7,9-11,13H2,(H,29,30)(H,23,25,26). The molecular formula is C22H25N5O3S. The number of aliphatic hydroxyl groups is 1. The zero-order chi connectivity index (χ0) is 21.6. The Kier molecular flexibility index (Phi) is 6.73. The van der Waals surface area contributed by atoms with Crippen LogP contribution in [0.1, 0.15) is 24.8 Å². The molecule has 0 amide bonds. The Hall–Kier alpha value is -3.04. The third kappa shape index (κ3) is 5.56. The Morgan fingerprint density at radius 2 is 2.03 bits per heavy atom. The summed E-state index contributed by atoms with van der Waals surface area (Å²) in [5.41, 5.74) is 1.84. The number of hydrogen-bond acceptors (Lipinski definition) is 8. The molecule has 3 aromatic rings. The monoisotopic (exact) mass is 439 g/mol. The van der Waals surface area contributed by atoms with E-state index in [4.69, 9.17) is 15.2 Å². The smallest absolute Gasteiger partial charge is 0.303 e. The Balaban J connectivity index is 1.42. The van der Waals surface area contributed by atoms with Crippen LogP contribution in [0.25, 0.3) is 10.6 Å². The molecular weight excluding hydrogens is 414 g/mol. The first-order chi connectivity index (χ1) is 15.1. The molecule has 3 aromatic heterocycles. The zero-order valence-corrected chi connectivity index (χ0v) is 17.9. The number of aromatic nitrogens is 3. The quantitative estimate of drug-likeness (QED) is 0.488. The van der Waals surface area contributed by atoms with E-state index in [-0.39, 0.29) is 18.9 Å². The minimum absolute atomic E-state index is 0.0993. The SMILES string of the molecule is O=C(O)CC1CCN(c2ncc(-c3cccc(Nc4cc(CCO)ccn4)n3)s2)CC1. The average molecular weight is 440 g/mol. The zero-order valence-electron chi connectivity index (χ0n) is 17.1. The van der Waals surface area contributed by atoms with Crippen molar-refractivity contribution in [2.75, 3.05) is 29.9 Å². The van der Waals surface area contributed by atoms with Crippen molar-refractivity contribution >= 4 is 34.1 Å². The lowest BCUT2D eigenvalue weighted by molar-refractivity contribution is -0.138. The van der Waals surface area contributed by atoms with Crippen LogP contribution in [-0.2, 0) is 11.2 Å². The van der Waals surface area contributed by atoms with Gasteiger partial charge in [-0.3, -0.25) is 4.79 Å². The number of carbonyl (C=O) groups is 1. The summed E-state index contributed by atoms with van der Waals surface area (Å²) in [5, 5.41) is 22.3. The highest BCUT2D eigenvalue weighted by Gasteiger charge is 2.23. The van der Waals surface area contributed by atoms with Crippen molar-refractivity contribution in [3.05, 3.63) is 48.3 Å². The first kappa shape index (κ1) is 21.2. The topological polar surface area (TPSA) is 111 Å². The molecule has 162 valence electrons. The number of anilines is 3. The van der Waals surface area contributed by atoms with Crippen LogP contribution in [0.5, 0.6) is 0 Å². The highest BCUT2D eigenvalue weighted by Crippen LogP contribution is 2.33. The average Bonchev–Trinajstić information content (AvgIpc) is 3.25. The van der Waals surface area contributed by atoms with E-state index in [0.29, 0.717) is 18.1 Å². The lowest BCUT2D eigenvalue weighted by atomic mass is 9.94. The van der Waals surface area contributed by atoms with Crippen LogP contribution in [-0.4, -0.2) is 50.8 Å². The summed E-state index contributed by atoms with van der Waals surface area (Å²) >= 11 is 1.60. The molecule has 0 bridgehead atoms. The number of aliphatic carboxylic acids is 1. The largest absolute Gasteiger partial charge is 0.481 e. The minimum Gasteiger partial charge on any atom is -0.481 e. The van der Waals surface area contributed by atoms with Gasteiger partial charge in [-0.2, -0.15) is 0 Å². The van der Waals surface area contributed by atoms with Gasteiger partial charge in [0.15, 0.2) is 5.13 Å². The molecule has 0 saturated carbocycles. The lowest BCUT2D eigenvalue weighted by Gasteiger charge is -2.30. The van der Waals surface area contributed by atoms with Gasteiger partial charge < -0.3 is 20.4 Å². The summed E-state index contributed by atoms with van der Waals surface area (Å²) in [4.78, 5) is 27.7. The molecule has 8 nitrogen and oxygen atoms in total. The normalized spacial score (nSPS) is 14.5. The molecule has 1 aliphatic heterocycles. The van der Waals surface area contributed by atoms with Gasteiger partial charge in [-0.15, -0.1) is 0 Å². The summed E-state index contributed by atoms with van der Waals surface area (Å²) in [6.45, 7) is 1.76. The van der Waals surface area contributed by atoms with Gasteiger partial charge in [0.25, 0.3) is 0 Å². The number of hydrogen-bond donors (Lipinski definition) is 3. The maximum absolute atomic E-state index is 10.9. The number of pyridine rings is 2. The molecule has 3 N–H and O–H groups in total. The Morgan fingerprint density at radius 3 is 2.81 bits per heavy atom. The van der Waals surface area contributed by atoms with E-state index in [2.05, 4.69) is 20.2 Å². The molecule has 0 unspecified atom stereocenters. The summed E-state index contributed by atoms with van der Waals surface area (Å²) in [6, 6.07) is 9.58. The Labute approximate surface area is 184 Å². The van der Waals surface area contributed by atoms with E-state index in [1.165, 1.54) is 0 Å². The lowest BCUT2D eigenvalue weighted by Crippen LogP contribution is -2.34. The summed E-state index contributed by atoms with van der Waals surface area (Å²) < 4.78 is 0. The molecule has 0 aromatic carbocycles. The van der Waals surface area contributed by atoms with Crippen LogP contribution in [0.3, 0.4) is 0 Å². The molecule has 0 spiro atoms. The van der Waals surface area contributed by atoms with Gasteiger partial charge in [0.05, 0.1) is 10.6 Å². The number of rotatable bonds is 8. The highest BCUT2D eigenvalue weighted by molar-refractivity contribution is 7.18. The minimum atomic E-state index is -0.718. The van der Waals surface area contributed by atoms with Crippen LogP contribution in [0.2, 0.25) is 0 Å². The van der Waals surface area contributed by atoms with Gasteiger partial charge in [0.1, 0.15) is 11.6 Å². The van der Waals surface area contributed by atoms with Crippen molar-refractivity contribution in [3.63, 3.8) is 0 Å². The van der Waals surface area contributed by atoms with Crippen LogP contribution in [0.4, 0.5) is 16.8 Å². The number of carboxylic acids is 1. The number of carboxylic acid groups (broad SMARTS) is 1. The van der Waals surface area contributed by atoms with Crippen molar-refractivity contribution in [3.8, 4) is 10.6 Å². The molecule has 1 saturated heterocycles. The van der Waals surface area contributed by atoms with Gasteiger partial charge in [-0.05, 0) is 55.0 Å². The first-order valence-corrected chi connectivity index (χ1v) is 11.1. The fraction of sp³-hybridized carbons (Fsp3) is 0.364. The summed E-state index contributed by atoms with van der Waals surface area (Å²) in [5.74, 6) is 0.910. The van der Waals surface area contributed by atoms with Gasteiger partial charge in [-0.25, -0.2) is 15.0 Å². The van der Waals surface area contributed by atoms with Crippen molar-refractivity contribution in [2.24, 2.45) is 5.92 Å². The van der Waals surface area contributed by atoms with Crippen LogP contribution in [0, 0.1) is 5.92 Å². The van der Waals surface area contributed by atoms with E-state index < -0.39 is 5.97 Å². The van der Waals surface area contributed by atoms with Gasteiger partial charge >= 0.3 is 5.97 Å². The third-order valence-corrected chi connectivity index (χ3v) is 6.40. The molecule has 4 heterocycles. The van der Waals surface area contributed by atoms with Gasteiger partial charge in [0.2, 0.25) is 0 Å². The fourth-order valence-electron chi connectivity index (χ4n) is 3.70.